The monoisotopic (exact) mass is 283 g/mol. The molecule has 0 radical (unpaired) electrons. The van der Waals surface area contributed by atoms with Crippen LogP contribution in [0.15, 0.2) is 4.52 Å². The third kappa shape index (κ3) is 2.80. The van der Waals surface area contributed by atoms with Crippen LogP contribution in [0.4, 0.5) is 0 Å². The summed E-state index contributed by atoms with van der Waals surface area (Å²) < 4.78 is 11.3. The lowest BCUT2D eigenvalue weighted by atomic mass is 10.0. The summed E-state index contributed by atoms with van der Waals surface area (Å²) in [4.78, 5) is 4.61. The van der Waals surface area contributed by atoms with E-state index in [-0.39, 0.29) is 6.10 Å². The molecule has 2 fully saturated rings. The van der Waals surface area contributed by atoms with E-state index in [4.69, 9.17) is 9.26 Å². The zero-order valence-electron chi connectivity index (χ0n) is 11.5. The predicted molar refractivity (Wildman–Crippen MR) is 74.3 cm³/mol. The van der Waals surface area contributed by atoms with Crippen LogP contribution in [-0.4, -0.2) is 41.3 Å². The molecule has 1 saturated carbocycles. The lowest BCUT2D eigenvalue weighted by Crippen LogP contribution is -2.31. The maximum Gasteiger partial charge on any atom is 0.232 e. The van der Waals surface area contributed by atoms with Gasteiger partial charge < -0.3 is 14.6 Å². The Morgan fingerprint density at radius 2 is 2.32 bits per heavy atom. The average Bonchev–Trinajstić information content (AvgIpc) is 2.96. The van der Waals surface area contributed by atoms with E-state index in [1.807, 2.05) is 25.7 Å². The summed E-state index contributed by atoms with van der Waals surface area (Å²) in [6, 6.07) is 0.435. The SMILES string of the molecule is CCOC(c1noc(C2CSCC2NC)n1)C1CC1. The Kier molecular flexibility index (Phi) is 4.10. The van der Waals surface area contributed by atoms with Crippen LogP contribution in [0.3, 0.4) is 0 Å². The Morgan fingerprint density at radius 3 is 3.00 bits per heavy atom. The number of aromatic nitrogens is 2. The first-order valence-electron chi connectivity index (χ1n) is 7.03. The van der Waals surface area contributed by atoms with Crippen LogP contribution in [0.5, 0.6) is 0 Å². The second-order valence-corrected chi connectivity index (χ2v) is 6.32. The van der Waals surface area contributed by atoms with E-state index in [0.29, 0.717) is 24.5 Å². The van der Waals surface area contributed by atoms with E-state index < -0.39 is 0 Å². The minimum absolute atomic E-state index is 0.0320. The van der Waals surface area contributed by atoms with Crippen molar-refractivity contribution >= 4 is 11.8 Å². The van der Waals surface area contributed by atoms with Gasteiger partial charge in [0.25, 0.3) is 0 Å². The number of hydrogen-bond acceptors (Lipinski definition) is 6. The highest BCUT2D eigenvalue weighted by atomic mass is 32.2. The van der Waals surface area contributed by atoms with Gasteiger partial charge in [0, 0.05) is 24.2 Å². The molecule has 0 bridgehead atoms. The van der Waals surface area contributed by atoms with Gasteiger partial charge in [-0.15, -0.1) is 0 Å². The van der Waals surface area contributed by atoms with Crippen molar-refractivity contribution in [3.05, 3.63) is 11.7 Å². The van der Waals surface area contributed by atoms with Crippen molar-refractivity contribution in [1.82, 2.24) is 15.5 Å². The zero-order chi connectivity index (χ0) is 13.2. The fraction of sp³-hybridized carbons (Fsp3) is 0.846. The van der Waals surface area contributed by atoms with Crippen molar-refractivity contribution < 1.29 is 9.26 Å². The number of likely N-dealkylation sites (N-methyl/N-ethyl adjacent to an activating group) is 1. The molecule has 1 N–H and O–H groups in total. The molecule has 1 aromatic rings. The molecule has 5 nitrogen and oxygen atoms in total. The first-order chi connectivity index (χ1) is 9.33. The summed E-state index contributed by atoms with van der Waals surface area (Å²) in [5.74, 6) is 4.59. The Balaban J connectivity index is 1.74. The molecule has 19 heavy (non-hydrogen) atoms. The molecule has 106 valence electrons. The molecular formula is C13H21N3O2S. The third-order valence-corrected chi connectivity index (χ3v) is 5.07. The molecule has 1 aliphatic carbocycles. The van der Waals surface area contributed by atoms with Crippen LogP contribution < -0.4 is 5.32 Å². The number of hydrogen-bond donors (Lipinski definition) is 1. The van der Waals surface area contributed by atoms with Crippen LogP contribution in [-0.2, 0) is 4.74 Å². The van der Waals surface area contributed by atoms with Gasteiger partial charge in [-0.2, -0.15) is 16.7 Å². The Hall–Kier alpha value is -0.590. The number of rotatable bonds is 6. The van der Waals surface area contributed by atoms with E-state index in [0.717, 1.165) is 23.2 Å². The molecule has 0 amide bonds. The molecule has 3 atom stereocenters. The second kappa shape index (κ2) is 5.81. The standard InChI is InChI=1S/C13H21N3O2S/c1-3-17-11(8-4-5-8)12-15-13(18-16-12)9-6-19-7-10(9)14-2/h8-11,14H,3-7H2,1-2H3. The molecule has 0 spiro atoms. The van der Waals surface area contributed by atoms with Crippen LogP contribution in [0.25, 0.3) is 0 Å². The summed E-state index contributed by atoms with van der Waals surface area (Å²) in [6.07, 6.45) is 2.46. The van der Waals surface area contributed by atoms with Crippen LogP contribution in [0.1, 0.15) is 43.5 Å². The van der Waals surface area contributed by atoms with Gasteiger partial charge in [-0.3, -0.25) is 0 Å². The molecule has 0 aromatic carbocycles. The van der Waals surface area contributed by atoms with Gasteiger partial charge in [0.05, 0.1) is 5.92 Å². The van der Waals surface area contributed by atoms with Gasteiger partial charge in [0.15, 0.2) is 0 Å². The Labute approximate surface area is 117 Å². The smallest absolute Gasteiger partial charge is 0.232 e. The summed E-state index contributed by atoms with van der Waals surface area (Å²) in [6.45, 7) is 2.71. The highest BCUT2D eigenvalue weighted by Gasteiger charge is 2.38. The van der Waals surface area contributed by atoms with Crippen molar-refractivity contribution in [3.8, 4) is 0 Å². The summed E-state index contributed by atoms with van der Waals surface area (Å²) in [7, 11) is 1.99. The largest absolute Gasteiger partial charge is 0.370 e. The van der Waals surface area contributed by atoms with E-state index >= 15 is 0 Å². The second-order valence-electron chi connectivity index (χ2n) is 5.24. The van der Waals surface area contributed by atoms with Crippen LogP contribution in [0.2, 0.25) is 0 Å². The average molecular weight is 283 g/mol. The molecule has 1 aliphatic heterocycles. The maximum atomic E-state index is 5.78. The fourth-order valence-electron chi connectivity index (χ4n) is 2.60. The van der Waals surface area contributed by atoms with Gasteiger partial charge in [-0.1, -0.05) is 5.16 Å². The Bertz CT molecular complexity index is 405. The van der Waals surface area contributed by atoms with E-state index in [1.165, 1.54) is 12.8 Å². The van der Waals surface area contributed by atoms with Gasteiger partial charge >= 0.3 is 0 Å². The quantitative estimate of drug-likeness (QED) is 0.861. The molecule has 6 heteroatoms. The van der Waals surface area contributed by atoms with Crippen molar-refractivity contribution in [2.75, 3.05) is 25.2 Å². The molecule has 1 saturated heterocycles. The highest BCUT2D eigenvalue weighted by molar-refractivity contribution is 7.99. The predicted octanol–water partition coefficient (Wildman–Crippen LogP) is 1.98. The number of ether oxygens (including phenoxy) is 1. The minimum Gasteiger partial charge on any atom is -0.370 e. The van der Waals surface area contributed by atoms with E-state index in [2.05, 4.69) is 15.5 Å². The van der Waals surface area contributed by atoms with Crippen LogP contribution in [0, 0.1) is 5.92 Å². The first-order valence-corrected chi connectivity index (χ1v) is 8.19. The third-order valence-electron chi connectivity index (χ3n) is 3.88. The van der Waals surface area contributed by atoms with E-state index in [9.17, 15) is 0 Å². The molecule has 2 heterocycles. The normalized spacial score (nSPS) is 28.7. The van der Waals surface area contributed by atoms with Crippen molar-refractivity contribution in [1.29, 1.82) is 0 Å². The zero-order valence-corrected chi connectivity index (χ0v) is 12.3. The highest BCUT2D eigenvalue weighted by Crippen LogP contribution is 2.43. The minimum atomic E-state index is 0.0320. The first kappa shape index (κ1) is 13.4. The number of nitrogens with one attached hydrogen (secondary N) is 1. The maximum absolute atomic E-state index is 5.78. The van der Waals surface area contributed by atoms with Crippen molar-refractivity contribution in [2.45, 2.75) is 37.8 Å². The fourth-order valence-corrected chi connectivity index (χ4v) is 4.01. The molecule has 3 unspecified atom stereocenters. The summed E-state index contributed by atoms with van der Waals surface area (Å²) >= 11 is 1.93. The molecule has 1 aromatic heterocycles. The lowest BCUT2D eigenvalue weighted by Gasteiger charge is -2.13. The van der Waals surface area contributed by atoms with Crippen LogP contribution >= 0.6 is 11.8 Å². The van der Waals surface area contributed by atoms with Gasteiger partial charge in [-0.25, -0.2) is 0 Å². The van der Waals surface area contributed by atoms with Crippen molar-refractivity contribution in [3.63, 3.8) is 0 Å². The topological polar surface area (TPSA) is 60.2 Å². The molecular weight excluding hydrogens is 262 g/mol. The van der Waals surface area contributed by atoms with Gasteiger partial charge in [0.2, 0.25) is 11.7 Å². The van der Waals surface area contributed by atoms with Gasteiger partial charge in [0.1, 0.15) is 6.10 Å². The summed E-state index contributed by atoms with van der Waals surface area (Å²) in [5, 5.41) is 7.49. The molecule has 3 rings (SSSR count). The number of thioether (sulfide) groups is 1. The van der Waals surface area contributed by atoms with Crippen molar-refractivity contribution in [2.24, 2.45) is 5.92 Å². The number of nitrogens with zero attached hydrogens (tertiary/aromatic N) is 2. The summed E-state index contributed by atoms with van der Waals surface area (Å²) in [5.41, 5.74) is 0. The molecule has 2 aliphatic rings. The van der Waals surface area contributed by atoms with Gasteiger partial charge in [-0.05, 0) is 32.7 Å². The van der Waals surface area contributed by atoms with E-state index in [1.54, 1.807) is 0 Å². The Morgan fingerprint density at radius 1 is 1.47 bits per heavy atom. The lowest BCUT2D eigenvalue weighted by molar-refractivity contribution is 0.0384.